The van der Waals surface area contributed by atoms with Crippen molar-refractivity contribution in [1.82, 2.24) is 5.32 Å². The number of furan rings is 1. The molecule has 1 unspecified atom stereocenters. The number of nitrogens with one attached hydrogen (secondary N) is 1. The molecular weight excluding hydrogens is 340 g/mol. The van der Waals surface area contributed by atoms with Crippen LogP contribution < -0.4 is 5.32 Å². The van der Waals surface area contributed by atoms with Gasteiger partial charge in [0, 0.05) is 6.07 Å². The molecule has 0 fully saturated rings. The maximum absolute atomic E-state index is 12.2. The minimum Gasteiger partial charge on any atom is -0.464 e. The predicted octanol–water partition coefficient (Wildman–Crippen LogP) is 3.75. The number of hydrogen-bond donors (Lipinski definition) is 1. The topological polar surface area (TPSA) is 85.4 Å². The van der Waals surface area contributed by atoms with E-state index in [0.29, 0.717) is 5.76 Å². The van der Waals surface area contributed by atoms with Gasteiger partial charge in [-0.1, -0.05) is 6.07 Å². The molecule has 7 heteroatoms. The van der Waals surface area contributed by atoms with Gasteiger partial charge in [0.1, 0.15) is 16.0 Å². The SMILES string of the molecule is Cc1ccc(C(C)NC(=O)c2cccc([N+](=O)[O-])c2Br)o1. The molecule has 1 amide bonds. The van der Waals surface area contributed by atoms with Crippen molar-refractivity contribution in [3.05, 3.63) is 62.0 Å². The van der Waals surface area contributed by atoms with Gasteiger partial charge in [-0.15, -0.1) is 0 Å². The predicted molar refractivity (Wildman–Crippen MR) is 80.1 cm³/mol. The number of aryl methyl sites for hydroxylation is 1. The van der Waals surface area contributed by atoms with Crippen LogP contribution in [0.1, 0.15) is 34.8 Å². The Hall–Kier alpha value is -2.15. The molecule has 0 aliphatic rings. The Balaban J connectivity index is 2.21. The zero-order valence-corrected chi connectivity index (χ0v) is 13.0. The van der Waals surface area contributed by atoms with Crippen LogP contribution in [0.25, 0.3) is 0 Å². The fraction of sp³-hybridized carbons (Fsp3) is 0.214. The van der Waals surface area contributed by atoms with E-state index in [1.807, 2.05) is 6.92 Å². The number of hydrogen-bond acceptors (Lipinski definition) is 4. The Bertz CT molecular complexity index is 696. The van der Waals surface area contributed by atoms with Crippen LogP contribution >= 0.6 is 15.9 Å². The van der Waals surface area contributed by atoms with Gasteiger partial charge in [0.05, 0.1) is 16.5 Å². The summed E-state index contributed by atoms with van der Waals surface area (Å²) in [7, 11) is 0. The highest BCUT2D eigenvalue weighted by molar-refractivity contribution is 9.10. The normalized spacial score (nSPS) is 12.0. The van der Waals surface area contributed by atoms with Crippen LogP contribution in [0.4, 0.5) is 5.69 Å². The number of nitro groups is 1. The summed E-state index contributed by atoms with van der Waals surface area (Å²) in [6.07, 6.45) is 0. The maximum Gasteiger partial charge on any atom is 0.284 e. The van der Waals surface area contributed by atoms with Gasteiger partial charge in [-0.25, -0.2) is 0 Å². The van der Waals surface area contributed by atoms with Crippen molar-refractivity contribution in [3.63, 3.8) is 0 Å². The third-order valence-electron chi connectivity index (χ3n) is 2.96. The van der Waals surface area contributed by atoms with Crippen molar-refractivity contribution in [2.75, 3.05) is 0 Å². The van der Waals surface area contributed by atoms with Crippen molar-refractivity contribution in [3.8, 4) is 0 Å². The molecule has 0 saturated carbocycles. The van der Waals surface area contributed by atoms with E-state index >= 15 is 0 Å². The van der Waals surface area contributed by atoms with Crippen LogP contribution in [0.2, 0.25) is 0 Å². The minimum absolute atomic E-state index is 0.149. The largest absolute Gasteiger partial charge is 0.464 e. The average molecular weight is 353 g/mol. The summed E-state index contributed by atoms with van der Waals surface area (Å²) in [5.41, 5.74) is 0.0588. The highest BCUT2D eigenvalue weighted by Gasteiger charge is 2.21. The molecule has 0 aliphatic carbocycles. The highest BCUT2D eigenvalue weighted by Crippen LogP contribution is 2.28. The van der Waals surface area contributed by atoms with Gasteiger partial charge >= 0.3 is 0 Å². The number of benzene rings is 1. The number of nitrogens with zero attached hydrogens (tertiary/aromatic N) is 1. The number of carbonyl (C=O) groups excluding carboxylic acids is 1. The van der Waals surface area contributed by atoms with Crippen molar-refractivity contribution in [2.45, 2.75) is 19.9 Å². The summed E-state index contributed by atoms with van der Waals surface area (Å²) < 4.78 is 5.60. The van der Waals surface area contributed by atoms with E-state index in [1.54, 1.807) is 19.1 Å². The van der Waals surface area contributed by atoms with Gasteiger partial charge in [0.15, 0.2) is 0 Å². The Kier molecular flexibility index (Phi) is 4.42. The summed E-state index contributed by atoms with van der Waals surface area (Å²) >= 11 is 3.11. The lowest BCUT2D eigenvalue weighted by atomic mass is 10.1. The minimum atomic E-state index is -0.541. The molecule has 1 atom stereocenters. The molecule has 2 rings (SSSR count). The molecule has 0 spiro atoms. The second kappa shape index (κ2) is 6.09. The number of nitro benzene ring substituents is 1. The number of halogens is 1. The Morgan fingerprint density at radius 3 is 2.67 bits per heavy atom. The Labute approximate surface area is 129 Å². The number of rotatable bonds is 4. The first-order valence-corrected chi connectivity index (χ1v) is 6.99. The van der Waals surface area contributed by atoms with E-state index in [4.69, 9.17) is 4.42 Å². The van der Waals surface area contributed by atoms with Crippen molar-refractivity contribution in [2.24, 2.45) is 0 Å². The standard InChI is InChI=1S/C14H13BrN2O4/c1-8-6-7-12(21-8)9(2)16-14(18)10-4-3-5-11(13(10)15)17(19)20/h3-7,9H,1-2H3,(H,16,18). The quantitative estimate of drug-likeness (QED) is 0.670. The molecule has 2 aromatic rings. The molecule has 0 radical (unpaired) electrons. The Morgan fingerprint density at radius 2 is 2.10 bits per heavy atom. The van der Waals surface area contributed by atoms with E-state index < -0.39 is 10.8 Å². The summed E-state index contributed by atoms with van der Waals surface area (Å²) in [6.45, 7) is 3.59. The van der Waals surface area contributed by atoms with E-state index in [1.165, 1.54) is 18.2 Å². The van der Waals surface area contributed by atoms with Crippen molar-refractivity contribution >= 4 is 27.5 Å². The van der Waals surface area contributed by atoms with Crippen LogP contribution in [0, 0.1) is 17.0 Å². The molecule has 1 aromatic carbocycles. The van der Waals surface area contributed by atoms with Gasteiger partial charge in [-0.05, 0) is 48.0 Å². The van der Waals surface area contributed by atoms with Gasteiger partial charge < -0.3 is 9.73 Å². The third kappa shape index (κ3) is 3.30. The van der Waals surface area contributed by atoms with Gasteiger partial charge in [0.2, 0.25) is 0 Å². The fourth-order valence-electron chi connectivity index (χ4n) is 1.87. The molecule has 0 bridgehead atoms. The maximum atomic E-state index is 12.2. The van der Waals surface area contributed by atoms with E-state index in [2.05, 4.69) is 21.2 Å². The first-order valence-electron chi connectivity index (χ1n) is 6.20. The molecule has 6 nitrogen and oxygen atoms in total. The van der Waals surface area contributed by atoms with Crippen molar-refractivity contribution < 1.29 is 14.1 Å². The van der Waals surface area contributed by atoms with Gasteiger partial charge in [-0.3, -0.25) is 14.9 Å². The smallest absolute Gasteiger partial charge is 0.284 e. The first kappa shape index (κ1) is 15.2. The molecular formula is C14H13BrN2O4. The fourth-order valence-corrected chi connectivity index (χ4v) is 2.46. The van der Waals surface area contributed by atoms with E-state index in [-0.39, 0.29) is 21.8 Å². The number of amides is 1. The average Bonchev–Trinajstić information content (AvgIpc) is 2.85. The monoisotopic (exact) mass is 352 g/mol. The first-order chi connectivity index (χ1) is 9.90. The molecule has 1 heterocycles. The lowest BCUT2D eigenvalue weighted by molar-refractivity contribution is -0.385. The lowest BCUT2D eigenvalue weighted by Gasteiger charge is -2.12. The van der Waals surface area contributed by atoms with Crippen LogP contribution in [0.15, 0.2) is 39.2 Å². The summed E-state index contributed by atoms with van der Waals surface area (Å²) in [5.74, 6) is 0.970. The van der Waals surface area contributed by atoms with E-state index in [9.17, 15) is 14.9 Å². The molecule has 110 valence electrons. The molecule has 0 saturated heterocycles. The lowest BCUT2D eigenvalue weighted by Crippen LogP contribution is -2.26. The number of carbonyl (C=O) groups is 1. The Morgan fingerprint density at radius 1 is 1.38 bits per heavy atom. The van der Waals surface area contributed by atoms with Gasteiger partial charge in [0.25, 0.3) is 11.6 Å². The molecule has 1 N–H and O–H groups in total. The molecule has 1 aromatic heterocycles. The van der Waals surface area contributed by atoms with Gasteiger partial charge in [-0.2, -0.15) is 0 Å². The van der Waals surface area contributed by atoms with Crippen LogP contribution in [0.3, 0.4) is 0 Å². The summed E-state index contributed by atoms with van der Waals surface area (Å²) in [4.78, 5) is 22.6. The zero-order valence-electron chi connectivity index (χ0n) is 11.4. The van der Waals surface area contributed by atoms with Crippen LogP contribution in [-0.4, -0.2) is 10.8 Å². The second-order valence-corrected chi connectivity index (χ2v) is 5.33. The zero-order chi connectivity index (χ0) is 15.6. The van der Waals surface area contributed by atoms with Crippen LogP contribution in [-0.2, 0) is 0 Å². The molecule has 21 heavy (non-hydrogen) atoms. The van der Waals surface area contributed by atoms with Crippen LogP contribution in [0.5, 0.6) is 0 Å². The summed E-state index contributed by atoms with van der Waals surface area (Å²) in [6, 6.07) is 7.58. The van der Waals surface area contributed by atoms with Crippen molar-refractivity contribution in [1.29, 1.82) is 0 Å². The van der Waals surface area contributed by atoms with E-state index in [0.717, 1.165) is 5.76 Å². The molecule has 0 aliphatic heterocycles. The second-order valence-electron chi connectivity index (χ2n) is 4.54. The summed E-state index contributed by atoms with van der Waals surface area (Å²) in [5, 5.41) is 13.6. The third-order valence-corrected chi connectivity index (χ3v) is 3.79. The highest BCUT2D eigenvalue weighted by atomic mass is 79.9.